The fourth-order valence-corrected chi connectivity index (χ4v) is 3.81. The average Bonchev–Trinajstić information content (AvgIpc) is 3.07. The molecule has 1 aromatic heterocycles. The molecule has 1 amide bonds. The zero-order valence-electron chi connectivity index (χ0n) is 13.5. The Morgan fingerprint density at radius 3 is 2.82 bits per heavy atom. The number of likely N-dealkylation sites (tertiary alicyclic amines) is 2. The number of nitrogens with one attached hydrogen (secondary N) is 1. The molecule has 1 N–H and O–H groups in total. The van der Waals surface area contributed by atoms with Crippen LogP contribution in [0.1, 0.15) is 50.3 Å². The quantitative estimate of drug-likeness (QED) is 0.918. The number of amides is 1. The standard InChI is InChI=1S/C16H27N5O/c1-20-8-2-3-13(11-20)4-5-15(22)21-9-6-14(7-10-21)16-17-12-18-19-16/h12-14H,2-11H2,1H3,(H,17,18,19)/t13-/m0/s1. The van der Waals surface area contributed by atoms with Gasteiger partial charge in [-0.05, 0) is 51.6 Å². The number of H-pyrrole nitrogens is 1. The summed E-state index contributed by atoms with van der Waals surface area (Å²) in [7, 11) is 2.18. The van der Waals surface area contributed by atoms with Crippen LogP contribution in [-0.4, -0.2) is 64.1 Å². The largest absolute Gasteiger partial charge is 0.343 e. The Hall–Kier alpha value is -1.43. The van der Waals surface area contributed by atoms with E-state index in [1.165, 1.54) is 19.4 Å². The Bertz CT molecular complexity index is 467. The highest BCUT2D eigenvalue weighted by atomic mass is 16.2. The Kier molecular flexibility index (Phi) is 5.08. The molecule has 2 fully saturated rings. The van der Waals surface area contributed by atoms with Gasteiger partial charge in [0.25, 0.3) is 0 Å². The molecule has 0 saturated carbocycles. The van der Waals surface area contributed by atoms with E-state index in [2.05, 4.69) is 27.1 Å². The highest BCUT2D eigenvalue weighted by molar-refractivity contribution is 5.76. The average molecular weight is 305 g/mol. The summed E-state index contributed by atoms with van der Waals surface area (Å²) >= 11 is 0. The molecule has 2 saturated heterocycles. The van der Waals surface area contributed by atoms with Crippen molar-refractivity contribution in [2.24, 2.45) is 5.92 Å². The van der Waals surface area contributed by atoms with E-state index in [1.54, 1.807) is 6.33 Å². The minimum Gasteiger partial charge on any atom is -0.343 e. The number of carbonyl (C=O) groups is 1. The molecule has 22 heavy (non-hydrogen) atoms. The van der Waals surface area contributed by atoms with E-state index in [0.717, 1.165) is 44.7 Å². The molecule has 0 aromatic carbocycles. The minimum atomic E-state index is 0.337. The van der Waals surface area contributed by atoms with Gasteiger partial charge in [0.15, 0.2) is 0 Å². The van der Waals surface area contributed by atoms with Crippen LogP contribution in [0.3, 0.4) is 0 Å². The van der Waals surface area contributed by atoms with Crippen LogP contribution in [0.15, 0.2) is 6.33 Å². The van der Waals surface area contributed by atoms with Crippen LogP contribution in [0.4, 0.5) is 0 Å². The number of aromatic nitrogens is 3. The van der Waals surface area contributed by atoms with E-state index in [1.807, 2.05) is 4.90 Å². The Labute approximate surface area is 132 Å². The Morgan fingerprint density at radius 1 is 1.32 bits per heavy atom. The van der Waals surface area contributed by atoms with Gasteiger partial charge in [0.1, 0.15) is 12.2 Å². The second kappa shape index (κ2) is 7.22. The van der Waals surface area contributed by atoms with Crippen LogP contribution >= 0.6 is 0 Å². The lowest BCUT2D eigenvalue weighted by molar-refractivity contribution is -0.132. The van der Waals surface area contributed by atoms with Gasteiger partial charge in [-0.1, -0.05) is 0 Å². The first-order valence-corrected chi connectivity index (χ1v) is 8.54. The molecule has 0 aliphatic carbocycles. The van der Waals surface area contributed by atoms with E-state index in [9.17, 15) is 4.79 Å². The zero-order valence-corrected chi connectivity index (χ0v) is 13.5. The van der Waals surface area contributed by atoms with Crippen molar-refractivity contribution in [1.29, 1.82) is 0 Å². The minimum absolute atomic E-state index is 0.337. The SMILES string of the molecule is CN1CCC[C@@H](CCC(=O)N2CCC(c3ncn[nH]3)CC2)C1. The zero-order chi connectivity index (χ0) is 15.4. The molecule has 0 unspecified atom stereocenters. The topological polar surface area (TPSA) is 65.1 Å². The maximum absolute atomic E-state index is 12.4. The van der Waals surface area contributed by atoms with Crippen LogP contribution in [0.25, 0.3) is 0 Å². The van der Waals surface area contributed by atoms with E-state index in [-0.39, 0.29) is 0 Å². The van der Waals surface area contributed by atoms with Crippen molar-refractivity contribution in [3.63, 3.8) is 0 Å². The van der Waals surface area contributed by atoms with Gasteiger partial charge in [0.05, 0.1) is 0 Å². The maximum Gasteiger partial charge on any atom is 0.222 e. The smallest absolute Gasteiger partial charge is 0.222 e. The van der Waals surface area contributed by atoms with Crippen LogP contribution < -0.4 is 0 Å². The van der Waals surface area contributed by atoms with Crippen molar-refractivity contribution in [3.8, 4) is 0 Å². The summed E-state index contributed by atoms with van der Waals surface area (Å²) in [5, 5.41) is 6.87. The second-order valence-corrected chi connectivity index (χ2v) is 6.83. The molecule has 3 rings (SSSR count). The molecular formula is C16H27N5O. The summed E-state index contributed by atoms with van der Waals surface area (Å²) in [4.78, 5) is 21.1. The molecule has 0 radical (unpaired) electrons. The lowest BCUT2D eigenvalue weighted by Crippen LogP contribution is -2.39. The summed E-state index contributed by atoms with van der Waals surface area (Å²) in [6, 6.07) is 0. The molecular weight excluding hydrogens is 278 g/mol. The molecule has 2 aliphatic rings. The van der Waals surface area contributed by atoms with Gasteiger partial charge in [-0.3, -0.25) is 9.89 Å². The fraction of sp³-hybridized carbons (Fsp3) is 0.812. The van der Waals surface area contributed by atoms with Gasteiger partial charge >= 0.3 is 0 Å². The second-order valence-electron chi connectivity index (χ2n) is 6.83. The Morgan fingerprint density at radius 2 is 2.14 bits per heavy atom. The summed E-state index contributed by atoms with van der Waals surface area (Å²) in [6.45, 7) is 4.07. The predicted molar refractivity (Wildman–Crippen MR) is 84.4 cm³/mol. The van der Waals surface area contributed by atoms with Crippen molar-refractivity contribution < 1.29 is 4.79 Å². The third-order valence-electron chi connectivity index (χ3n) is 5.16. The van der Waals surface area contributed by atoms with Gasteiger partial charge in [0, 0.05) is 32.0 Å². The third-order valence-corrected chi connectivity index (χ3v) is 5.16. The molecule has 1 aromatic rings. The fourth-order valence-electron chi connectivity index (χ4n) is 3.81. The van der Waals surface area contributed by atoms with Gasteiger partial charge in [-0.25, -0.2) is 4.98 Å². The molecule has 1 atom stereocenters. The first kappa shape index (κ1) is 15.5. The first-order valence-electron chi connectivity index (χ1n) is 8.54. The number of hydrogen-bond donors (Lipinski definition) is 1. The summed E-state index contributed by atoms with van der Waals surface area (Å²) in [5.74, 6) is 2.44. The van der Waals surface area contributed by atoms with Crippen molar-refractivity contribution in [2.45, 2.75) is 44.4 Å². The normalized spacial score (nSPS) is 24.6. The summed E-state index contributed by atoms with van der Waals surface area (Å²) in [6.07, 6.45) is 7.87. The van der Waals surface area contributed by atoms with Crippen molar-refractivity contribution in [3.05, 3.63) is 12.2 Å². The number of carbonyl (C=O) groups excluding carboxylic acids is 1. The molecule has 3 heterocycles. The monoisotopic (exact) mass is 305 g/mol. The highest BCUT2D eigenvalue weighted by Crippen LogP contribution is 2.26. The van der Waals surface area contributed by atoms with E-state index >= 15 is 0 Å². The predicted octanol–water partition coefficient (Wildman–Crippen LogP) is 1.63. The van der Waals surface area contributed by atoms with Gasteiger partial charge < -0.3 is 9.80 Å². The molecule has 122 valence electrons. The van der Waals surface area contributed by atoms with Crippen LogP contribution in [0.2, 0.25) is 0 Å². The molecule has 0 bridgehead atoms. The number of rotatable bonds is 4. The number of nitrogens with zero attached hydrogens (tertiary/aromatic N) is 4. The highest BCUT2D eigenvalue weighted by Gasteiger charge is 2.26. The van der Waals surface area contributed by atoms with Gasteiger partial charge in [-0.15, -0.1) is 0 Å². The number of piperidine rings is 2. The third kappa shape index (κ3) is 3.85. The van der Waals surface area contributed by atoms with Crippen molar-refractivity contribution in [2.75, 3.05) is 33.2 Å². The van der Waals surface area contributed by atoms with E-state index in [0.29, 0.717) is 24.2 Å². The maximum atomic E-state index is 12.4. The van der Waals surface area contributed by atoms with Crippen LogP contribution in [-0.2, 0) is 4.79 Å². The summed E-state index contributed by atoms with van der Waals surface area (Å²) < 4.78 is 0. The number of aromatic amines is 1. The van der Waals surface area contributed by atoms with Gasteiger partial charge in [0.2, 0.25) is 5.91 Å². The lowest BCUT2D eigenvalue weighted by atomic mass is 9.92. The van der Waals surface area contributed by atoms with Gasteiger partial charge in [-0.2, -0.15) is 5.10 Å². The first-order chi connectivity index (χ1) is 10.7. The summed E-state index contributed by atoms with van der Waals surface area (Å²) in [5.41, 5.74) is 0. The van der Waals surface area contributed by atoms with Crippen molar-refractivity contribution >= 4 is 5.91 Å². The molecule has 6 heteroatoms. The molecule has 6 nitrogen and oxygen atoms in total. The molecule has 2 aliphatic heterocycles. The molecule has 0 spiro atoms. The Balaban J connectivity index is 1.40. The van der Waals surface area contributed by atoms with Crippen molar-refractivity contribution in [1.82, 2.24) is 25.0 Å². The van der Waals surface area contributed by atoms with Crippen LogP contribution in [0.5, 0.6) is 0 Å². The van der Waals surface area contributed by atoms with E-state index < -0.39 is 0 Å². The van der Waals surface area contributed by atoms with Crippen LogP contribution in [0, 0.1) is 5.92 Å². The lowest BCUT2D eigenvalue weighted by Gasteiger charge is -2.32. The number of hydrogen-bond acceptors (Lipinski definition) is 4. The van der Waals surface area contributed by atoms with E-state index in [4.69, 9.17) is 0 Å².